The number of methoxy groups -OCH3 is 1. The predicted octanol–water partition coefficient (Wildman–Crippen LogP) is 1.31. The fraction of sp³-hybridized carbons (Fsp3) is 0.500. The molecule has 102 valence electrons. The Bertz CT molecular complexity index is 493. The molecule has 1 saturated heterocycles. The van der Waals surface area contributed by atoms with Crippen molar-refractivity contribution in [3.8, 4) is 11.8 Å². The van der Waals surface area contributed by atoms with Crippen LogP contribution < -0.4 is 5.73 Å². The van der Waals surface area contributed by atoms with Gasteiger partial charge in [-0.25, -0.2) is 0 Å². The zero-order valence-electron chi connectivity index (χ0n) is 11.0. The molecule has 0 saturated carbocycles. The van der Waals surface area contributed by atoms with Crippen LogP contribution in [0.5, 0.6) is 0 Å². The molecule has 2 N–H and O–H groups in total. The maximum absolute atomic E-state index is 12.3. The van der Waals surface area contributed by atoms with Crippen LogP contribution in [0.3, 0.4) is 0 Å². The number of hydrogen-bond acceptors (Lipinski definition) is 4. The zero-order valence-corrected chi connectivity index (χ0v) is 11.8. The van der Waals surface area contributed by atoms with Crippen LogP contribution in [-0.2, 0) is 4.74 Å². The number of thiophene rings is 1. The van der Waals surface area contributed by atoms with Crippen LogP contribution in [0.1, 0.15) is 28.1 Å². The summed E-state index contributed by atoms with van der Waals surface area (Å²) in [5, 5.41) is 1.87. The van der Waals surface area contributed by atoms with Crippen LogP contribution in [0.2, 0.25) is 0 Å². The summed E-state index contributed by atoms with van der Waals surface area (Å²) in [5.41, 5.74) is 6.05. The first-order valence-electron chi connectivity index (χ1n) is 6.34. The lowest BCUT2D eigenvalue weighted by Gasteiger charge is -2.31. The summed E-state index contributed by atoms with van der Waals surface area (Å²) in [7, 11) is 1.73. The lowest BCUT2D eigenvalue weighted by Crippen LogP contribution is -2.40. The van der Waals surface area contributed by atoms with E-state index in [0.717, 1.165) is 36.4 Å². The number of amides is 1. The maximum atomic E-state index is 12.3. The summed E-state index contributed by atoms with van der Waals surface area (Å²) in [6, 6.07) is 1.85. The van der Waals surface area contributed by atoms with E-state index in [9.17, 15) is 4.79 Å². The lowest BCUT2D eigenvalue weighted by atomic mass is 10.1. The third-order valence-electron chi connectivity index (χ3n) is 3.22. The minimum Gasteiger partial charge on any atom is -0.381 e. The van der Waals surface area contributed by atoms with Gasteiger partial charge in [-0.05, 0) is 18.9 Å². The van der Waals surface area contributed by atoms with Gasteiger partial charge in [0.05, 0.1) is 23.1 Å². The summed E-state index contributed by atoms with van der Waals surface area (Å²) in [4.78, 5) is 15.1. The van der Waals surface area contributed by atoms with Gasteiger partial charge in [0.15, 0.2) is 0 Å². The molecule has 1 aromatic heterocycles. The Labute approximate surface area is 117 Å². The van der Waals surface area contributed by atoms with Crippen LogP contribution in [-0.4, -0.2) is 43.7 Å². The van der Waals surface area contributed by atoms with E-state index in [0.29, 0.717) is 6.54 Å². The van der Waals surface area contributed by atoms with Crippen molar-refractivity contribution in [3.63, 3.8) is 0 Å². The third-order valence-corrected chi connectivity index (χ3v) is 4.07. The Morgan fingerprint density at radius 1 is 1.58 bits per heavy atom. The Hall–Kier alpha value is -1.35. The summed E-state index contributed by atoms with van der Waals surface area (Å²) in [6.07, 6.45) is 2.11. The number of likely N-dealkylation sites (tertiary alicyclic amines) is 1. The van der Waals surface area contributed by atoms with Crippen LogP contribution in [0, 0.1) is 11.8 Å². The average molecular weight is 278 g/mol. The largest absolute Gasteiger partial charge is 0.381 e. The number of nitrogens with zero attached hydrogens (tertiary/aromatic N) is 1. The molecule has 0 bridgehead atoms. The Kier molecular flexibility index (Phi) is 4.97. The maximum Gasteiger partial charge on any atom is 0.254 e. The van der Waals surface area contributed by atoms with Gasteiger partial charge >= 0.3 is 0 Å². The molecular weight excluding hydrogens is 260 g/mol. The third kappa shape index (κ3) is 3.57. The van der Waals surface area contributed by atoms with Gasteiger partial charge in [0.2, 0.25) is 0 Å². The van der Waals surface area contributed by atoms with E-state index < -0.39 is 0 Å². The standard InChI is InChI=1S/C14H18N2O2S/c1-18-12-4-7-16(8-5-12)14(17)11-9-13(19-10-11)3-2-6-15/h9-10,12H,4-8,15H2,1H3. The Morgan fingerprint density at radius 2 is 2.32 bits per heavy atom. The van der Waals surface area contributed by atoms with Crippen molar-refractivity contribution >= 4 is 17.2 Å². The fourth-order valence-corrected chi connectivity index (χ4v) is 2.88. The van der Waals surface area contributed by atoms with Gasteiger partial charge in [0, 0.05) is 25.6 Å². The van der Waals surface area contributed by atoms with Crippen molar-refractivity contribution in [3.05, 3.63) is 21.9 Å². The van der Waals surface area contributed by atoms with Gasteiger partial charge in [-0.3, -0.25) is 4.79 Å². The molecule has 19 heavy (non-hydrogen) atoms. The zero-order chi connectivity index (χ0) is 13.7. The van der Waals surface area contributed by atoms with E-state index in [4.69, 9.17) is 10.5 Å². The van der Waals surface area contributed by atoms with E-state index >= 15 is 0 Å². The van der Waals surface area contributed by atoms with Crippen molar-refractivity contribution in [2.75, 3.05) is 26.7 Å². The first-order chi connectivity index (χ1) is 9.24. The Morgan fingerprint density at radius 3 is 2.95 bits per heavy atom. The molecule has 0 spiro atoms. The Balaban J connectivity index is 1.98. The van der Waals surface area contributed by atoms with Crippen LogP contribution in [0.25, 0.3) is 0 Å². The minimum atomic E-state index is 0.0894. The van der Waals surface area contributed by atoms with E-state index in [2.05, 4.69) is 11.8 Å². The highest BCUT2D eigenvalue weighted by Gasteiger charge is 2.23. The second-order valence-corrected chi connectivity index (χ2v) is 5.34. The van der Waals surface area contributed by atoms with Crippen LogP contribution in [0.15, 0.2) is 11.4 Å². The number of piperidine rings is 1. The van der Waals surface area contributed by atoms with Gasteiger partial charge in [-0.1, -0.05) is 11.8 Å². The molecule has 2 rings (SSSR count). The van der Waals surface area contributed by atoms with Gasteiger partial charge in [-0.15, -0.1) is 11.3 Å². The van der Waals surface area contributed by atoms with Gasteiger partial charge in [0.25, 0.3) is 5.91 Å². The fourth-order valence-electron chi connectivity index (χ4n) is 2.13. The van der Waals surface area contributed by atoms with Gasteiger partial charge in [-0.2, -0.15) is 0 Å². The molecule has 0 unspecified atom stereocenters. The van der Waals surface area contributed by atoms with E-state index in [-0.39, 0.29) is 12.0 Å². The molecule has 1 aliphatic rings. The monoisotopic (exact) mass is 278 g/mol. The first kappa shape index (κ1) is 14.1. The number of hydrogen-bond donors (Lipinski definition) is 1. The van der Waals surface area contributed by atoms with Crippen molar-refractivity contribution in [1.82, 2.24) is 4.90 Å². The molecule has 4 nitrogen and oxygen atoms in total. The number of carbonyl (C=O) groups excluding carboxylic acids is 1. The molecule has 0 aliphatic carbocycles. The minimum absolute atomic E-state index is 0.0894. The second-order valence-electron chi connectivity index (χ2n) is 4.43. The molecule has 0 atom stereocenters. The number of ether oxygens (including phenoxy) is 1. The topological polar surface area (TPSA) is 55.6 Å². The van der Waals surface area contributed by atoms with Gasteiger partial charge < -0.3 is 15.4 Å². The highest BCUT2D eigenvalue weighted by atomic mass is 32.1. The number of nitrogens with two attached hydrogens (primary N) is 1. The van der Waals surface area contributed by atoms with E-state index in [1.165, 1.54) is 11.3 Å². The molecule has 5 heteroatoms. The van der Waals surface area contributed by atoms with Crippen molar-refractivity contribution in [2.24, 2.45) is 5.73 Å². The summed E-state index contributed by atoms with van der Waals surface area (Å²) in [5.74, 6) is 5.84. The smallest absolute Gasteiger partial charge is 0.254 e. The lowest BCUT2D eigenvalue weighted by molar-refractivity contribution is 0.0351. The molecule has 0 radical (unpaired) electrons. The highest BCUT2D eigenvalue weighted by Crippen LogP contribution is 2.19. The van der Waals surface area contributed by atoms with Crippen molar-refractivity contribution in [1.29, 1.82) is 0 Å². The molecular formula is C14H18N2O2S. The highest BCUT2D eigenvalue weighted by molar-refractivity contribution is 7.10. The van der Waals surface area contributed by atoms with Crippen LogP contribution in [0.4, 0.5) is 0 Å². The summed E-state index contributed by atoms with van der Waals surface area (Å²) < 4.78 is 5.31. The molecule has 1 aromatic rings. The normalized spacial score (nSPS) is 16.0. The average Bonchev–Trinajstić information content (AvgIpc) is 2.93. The summed E-state index contributed by atoms with van der Waals surface area (Å²) >= 11 is 1.49. The molecule has 0 aromatic carbocycles. The van der Waals surface area contributed by atoms with Crippen molar-refractivity contribution in [2.45, 2.75) is 18.9 Å². The summed E-state index contributed by atoms with van der Waals surface area (Å²) in [6.45, 7) is 1.86. The SMILES string of the molecule is COC1CCN(C(=O)c2csc(C#CCN)c2)CC1. The molecule has 1 fully saturated rings. The van der Waals surface area contributed by atoms with E-state index in [1.54, 1.807) is 7.11 Å². The molecule has 2 heterocycles. The number of rotatable bonds is 2. The first-order valence-corrected chi connectivity index (χ1v) is 7.22. The molecule has 1 amide bonds. The molecule has 1 aliphatic heterocycles. The number of carbonyl (C=O) groups is 1. The quantitative estimate of drug-likeness (QED) is 0.830. The van der Waals surface area contributed by atoms with E-state index in [1.807, 2.05) is 16.3 Å². The predicted molar refractivity (Wildman–Crippen MR) is 76.2 cm³/mol. The van der Waals surface area contributed by atoms with Gasteiger partial charge in [0.1, 0.15) is 0 Å². The van der Waals surface area contributed by atoms with Crippen molar-refractivity contribution < 1.29 is 9.53 Å². The van der Waals surface area contributed by atoms with Crippen LogP contribution >= 0.6 is 11.3 Å². The second kappa shape index (κ2) is 6.71.